The van der Waals surface area contributed by atoms with Crippen molar-refractivity contribution in [3.05, 3.63) is 35.4 Å². The van der Waals surface area contributed by atoms with Crippen LogP contribution in [-0.2, 0) is 4.74 Å². The van der Waals surface area contributed by atoms with Gasteiger partial charge in [0.2, 0.25) is 0 Å². The fraction of sp³-hybridized carbons (Fsp3) is 0.417. The molecule has 1 unspecified atom stereocenters. The van der Waals surface area contributed by atoms with Gasteiger partial charge in [-0.05, 0) is 19.0 Å². The van der Waals surface area contributed by atoms with Crippen molar-refractivity contribution in [1.29, 1.82) is 0 Å². The lowest BCUT2D eigenvalue weighted by atomic mass is 10.0. The SMILES string of the molecule is COC(C)c1ccc(C(=O)CCN)cc1. The Hall–Kier alpha value is -1.19. The minimum atomic E-state index is 0.0589. The summed E-state index contributed by atoms with van der Waals surface area (Å²) in [7, 11) is 1.66. The van der Waals surface area contributed by atoms with E-state index in [0.29, 0.717) is 18.5 Å². The second-order valence-corrected chi connectivity index (χ2v) is 3.46. The zero-order valence-corrected chi connectivity index (χ0v) is 9.19. The first-order chi connectivity index (χ1) is 7.19. The van der Waals surface area contributed by atoms with Gasteiger partial charge in [-0.3, -0.25) is 4.79 Å². The van der Waals surface area contributed by atoms with Gasteiger partial charge in [0.1, 0.15) is 0 Å². The maximum atomic E-state index is 11.5. The molecule has 3 nitrogen and oxygen atoms in total. The van der Waals surface area contributed by atoms with Crippen molar-refractivity contribution in [1.82, 2.24) is 0 Å². The van der Waals surface area contributed by atoms with Gasteiger partial charge in [-0.15, -0.1) is 0 Å². The van der Waals surface area contributed by atoms with Gasteiger partial charge in [-0.1, -0.05) is 24.3 Å². The van der Waals surface area contributed by atoms with Gasteiger partial charge in [0.05, 0.1) is 6.10 Å². The summed E-state index contributed by atoms with van der Waals surface area (Å²) in [5.74, 6) is 0.0918. The molecule has 0 saturated carbocycles. The number of ketones is 1. The van der Waals surface area contributed by atoms with E-state index in [4.69, 9.17) is 10.5 Å². The van der Waals surface area contributed by atoms with Gasteiger partial charge in [0.15, 0.2) is 5.78 Å². The third kappa shape index (κ3) is 3.15. The Morgan fingerprint density at radius 2 is 2.00 bits per heavy atom. The number of ether oxygens (including phenoxy) is 1. The van der Waals surface area contributed by atoms with Crippen LogP contribution in [0.15, 0.2) is 24.3 Å². The lowest BCUT2D eigenvalue weighted by Gasteiger charge is -2.09. The van der Waals surface area contributed by atoms with Crippen molar-refractivity contribution in [2.75, 3.05) is 13.7 Å². The summed E-state index contributed by atoms with van der Waals surface area (Å²) in [6, 6.07) is 7.47. The van der Waals surface area contributed by atoms with Crippen LogP contribution in [0.25, 0.3) is 0 Å². The Balaban J connectivity index is 2.76. The number of hydrogen-bond acceptors (Lipinski definition) is 3. The molecule has 0 amide bonds. The van der Waals surface area contributed by atoms with E-state index in [1.165, 1.54) is 0 Å². The molecule has 0 aliphatic heterocycles. The minimum Gasteiger partial charge on any atom is -0.377 e. The average Bonchev–Trinajstić information content (AvgIpc) is 2.28. The molecule has 2 N–H and O–H groups in total. The number of methoxy groups -OCH3 is 1. The fourth-order valence-electron chi connectivity index (χ4n) is 1.35. The van der Waals surface area contributed by atoms with Crippen LogP contribution in [0.4, 0.5) is 0 Å². The quantitative estimate of drug-likeness (QED) is 0.750. The van der Waals surface area contributed by atoms with E-state index in [2.05, 4.69) is 0 Å². The molecule has 1 atom stereocenters. The Bertz CT molecular complexity index is 319. The number of carbonyl (C=O) groups excluding carboxylic acids is 1. The summed E-state index contributed by atoms with van der Waals surface area (Å²) >= 11 is 0. The Morgan fingerprint density at radius 1 is 1.40 bits per heavy atom. The highest BCUT2D eigenvalue weighted by molar-refractivity contribution is 5.96. The molecule has 0 aliphatic carbocycles. The van der Waals surface area contributed by atoms with E-state index in [9.17, 15) is 4.79 Å². The van der Waals surface area contributed by atoms with Crippen molar-refractivity contribution >= 4 is 5.78 Å². The first-order valence-corrected chi connectivity index (χ1v) is 5.05. The zero-order valence-electron chi connectivity index (χ0n) is 9.19. The minimum absolute atomic E-state index is 0.0589. The molecule has 1 aromatic carbocycles. The standard InChI is InChI=1S/C12H17NO2/c1-9(15-2)10-3-5-11(6-4-10)12(14)7-8-13/h3-6,9H,7-8,13H2,1-2H3. The van der Waals surface area contributed by atoms with Crippen LogP contribution in [0.3, 0.4) is 0 Å². The Morgan fingerprint density at radius 3 is 2.47 bits per heavy atom. The predicted molar refractivity (Wildman–Crippen MR) is 59.9 cm³/mol. The second kappa shape index (κ2) is 5.63. The molecule has 0 saturated heterocycles. The smallest absolute Gasteiger partial charge is 0.164 e. The molecule has 15 heavy (non-hydrogen) atoms. The third-order valence-corrected chi connectivity index (χ3v) is 2.43. The van der Waals surface area contributed by atoms with Crippen LogP contribution < -0.4 is 5.73 Å². The topological polar surface area (TPSA) is 52.3 Å². The molecule has 0 spiro atoms. The van der Waals surface area contributed by atoms with Crippen molar-refractivity contribution in [3.63, 3.8) is 0 Å². The molecule has 82 valence electrons. The van der Waals surface area contributed by atoms with Crippen LogP contribution >= 0.6 is 0 Å². The van der Waals surface area contributed by atoms with Crippen molar-refractivity contribution in [3.8, 4) is 0 Å². The van der Waals surface area contributed by atoms with Gasteiger partial charge in [-0.25, -0.2) is 0 Å². The number of benzene rings is 1. The highest BCUT2D eigenvalue weighted by Crippen LogP contribution is 2.16. The van der Waals surface area contributed by atoms with E-state index in [1.54, 1.807) is 7.11 Å². The highest BCUT2D eigenvalue weighted by atomic mass is 16.5. The molecule has 0 bridgehead atoms. The van der Waals surface area contributed by atoms with E-state index < -0.39 is 0 Å². The molecular weight excluding hydrogens is 190 g/mol. The largest absolute Gasteiger partial charge is 0.377 e. The Kier molecular flexibility index (Phi) is 4.46. The van der Waals surface area contributed by atoms with Crippen LogP contribution in [0, 0.1) is 0 Å². The molecule has 0 heterocycles. The van der Waals surface area contributed by atoms with Crippen LogP contribution in [0.5, 0.6) is 0 Å². The maximum Gasteiger partial charge on any atom is 0.164 e. The van der Waals surface area contributed by atoms with Crippen molar-refractivity contribution < 1.29 is 9.53 Å². The number of hydrogen-bond donors (Lipinski definition) is 1. The van der Waals surface area contributed by atoms with Crippen LogP contribution in [-0.4, -0.2) is 19.4 Å². The Labute approximate surface area is 90.2 Å². The monoisotopic (exact) mass is 207 g/mol. The van der Waals surface area contributed by atoms with E-state index >= 15 is 0 Å². The molecule has 0 fully saturated rings. The number of nitrogens with two attached hydrogens (primary N) is 1. The summed E-state index contributed by atoms with van der Waals surface area (Å²) in [5.41, 5.74) is 7.11. The second-order valence-electron chi connectivity index (χ2n) is 3.46. The summed E-state index contributed by atoms with van der Waals surface area (Å²) in [6.45, 7) is 2.37. The summed E-state index contributed by atoms with van der Waals surface area (Å²) < 4.78 is 5.18. The number of Topliss-reactive ketones (excluding diaryl/α,β-unsaturated/α-hetero) is 1. The van der Waals surface area contributed by atoms with Crippen LogP contribution in [0.1, 0.15) is 35.4 Å². The molecule has 1 rings (SSSR count). The molecule has 0 aliphatic rings. The van der Waals surface area contributed by atoms with Crippen molar-refractivity contribution in [2.45, 2.75) is 19.4 Å². The van der Waals surface area contributed by atoms with Gasteiger partial charge in [0, 0.05) is 19.1 Å². The number of rotatable bonds is 5. The third-order valence-electron chi connectivity index (χ3n) is 2.43. The molecule has 0 radical (unpaired) electrons. The van der Waals surface area contributed by atoms with Crippen molar-refractivity contribution in [2.24, 2.45) is 5.73 Å². The summed E-state index contributed by atoms with van der Waals surface area (Å²) in [5, 5.41) is 0. The normalized spacial score (nSPS) is 12.5. The molecule has 3 heteroatoms. The lowest BCUT2D eigenvalue weighted by molar-refractivity contribution is 0.0984. The average molecular weight is 207 g/mol. The maximum absolute atomic E-state index is 11.5. The highest BCUT2D eigenvalue weighted by Gasteiger charge is 2.06. The van der Waals surface area contributed by atoms with E-state index in [1.807, 2.05) is 31.2 Å². The van der Waals surface area contributed by atoms with Gasteiger partial charge < -0.3 is 10.5 Å². The fourth-order valence-corrected chi connectivity index (χ4v) is 1.35. The zero-order chi connectivity index (χ0) is 11.3. The lowest BCUT2D eigenvalue weighted by Crippen LogP contribution is -2.08. The summed E-state index contributed by atoms with van der Waals surface area (Å²) in [6.07, 6.45) is 0.461. The van der Waals surface area contributed by atoms with Gasteiger partial charge in [0.25, 0.3) is 0 Å². The summed E-state index contributed by atoms with van der Waals surface area (Å²) in [4.78, 5) is 11.5. The van der Waals surface area contributed by atoms with Crippen LogP contribution in [0.2, 0.25) is 0 Å². The first-order valence-electron chi connectivity index (χ1n) is 5.05. The van der Waals surface area contributed by atoms with Gasteiger partial charge >= 0.3 is 0 Å². The predicted octanol–water partition coefficient (Wildman–Crippen LogP) is 1.93. The molecule has 0 aromatic heterocycles. The van der Waals surface area contributed by atoms with E-state index in [0.717, 1.165) is 5.56 Å². The number of carbonyl (C=O) groups is 1. The first kappa shape index (κ1) is 11.9. The van der Waals surface area contributed by atoms with Gasteiger partial charge in [-0.2, -0.15) is 0 Å². The molecular formula is C12H17NO2. The van der Waals surface area contributed by atoms with E-state index in [-0.39, 0.29) is 11.9 Å². The molecule has 1 aromatic rings.